The van der Waals surface area contributed by atoms with Gasteiger partial charge in [0.1, 0.15) is 6.04 Å². The predicted octanol–water partition coefficient (Wildman–Crippen LogP) is 2.37. The van der Waals surface area contributed by atoms with Crippen LogP contribution in [-0.2, 0) is 4.79 Å². The van der Waals surface area contributed by atoms with Crippen LogP contribution >= 0.6 is 11.3 Å². The Morgan fingerprint density at radius 1 is 1.59 bits per heavy atom. The SMILES string of the molecule is Cc1nc(C(C)N2CCCC2C(=O)O)c(C)s1. The van der Waals surface area contributed by atoms with Crippen LogP contribution in [0.1, 0.15) is 41.4 Å². The van der Waals surface area contributed by atoms with Gasteiger partial charge in [-0.2, -0.15) is 0 Å². The third-order valence-corrected chi connectivity index (χ3v) is 4.31. The van der Waals surface area contributed by atoms with Crippen LogP contribution in [0.25, 0.3) is 0 Å². The first-order chi connectivity index (χ1) is 8.00. The molecule has 1 saturated heterocycles. The third kappa shape index (κ3) is 2.35. The van der Waals surface area contributed by atoms with Gasteiger partial charge in [-0.15, -0.1) is 11.3 Å². The number of thiazole rings is 1. The van der Waals surface area contributed by atoms with E-state index in [0.717, 1.165) is 30.1 Å². The fraction of sp³-hybridized carbons (Fsp3) is 0.667. The second-order valence-corrected chi connectivity index (χ2v) is 5.99. The monoisotopic (exact) mass is 254 g/mol. The quantitative estimate of drug-likeness (QED) is 0.899. The van der Waals surface area contributed by atoms with Crippen molar-refractivity contribution in [2.24, 2.45) is 0 Å². The average Bonchev–Trinajstić information content (AvgIpc) is 2.83. The largest absolute Gasteiger partial charge is 0.480 e. The molecule has 1 aromatic heterocycles. The van der Waals surface area contributed by atoms with Crippen LogP contribution < -0.4 is 0 Å². The lowest BCUT2D eigenvalue weighted by molar-refractivity contribution is -0.142. The van der Waals surface area contributed by atoms with Gasteiger partial charge in [0.05, 0.1) is 16.7 Å². The smallest absolute Gasteiger partial charge is 0.320 e. The summed E-state index contributed by atoms with van der Waals surface area (Å²) in [5, 5.41) is 10.2. The molecular weight excluding hydrogens is 236 g/mol. The first-order valence-electron chi connectivity index (χ1n) is 5.93. The van der Waals surface area contributed by atoms with Crippen molar-refractivity contribution in [3.8, 4) is 0 Å². The minimum atomic E-state index is -0.709. The van der Waals surface area contributed by atoms with Crippen LogP contribution in [0, 0.1) is 13.8 Å². The van der Waals surface area contributed by atoms with Crippen molar-refractivity contribution in [3.05, 3.63) is 15.6 Å². The molecule has 2 atom stereocenters. The van der Waals surface area contributed by atoms with Crippen molar-refractivity contribution in [2.45, 2.75) is 45.7 Å². The molecule has 2 unspecified atom stereocenters. The van der Waals surface area contributed by atoms with E-state index in [0.29, 0.717) is 0 Å². The van der Waals surface area contributed by atoms with E-state index in [1.807, 2.05) is 6.92 Å². The zero-order valence-corrected chi connectivity index (χ0v) is 11.3. The van der Waals surface area contributed by atoms with Crippen LogP contribution in [0.4, 0.5) is 0 Å². The lowest BCUT2D eigenvalue weighted by atomic mass is 10.1. The Kier molecular flexibility index (Phi) is 3.49. The number of hydrogen-bond acceptors (Lipinski definition) is 4. The number of aliphatic carboxylic acids is 1. The van der Waals surface area contributed by atoms with Crippen molar-refractivity contribution in [1.82, 2.24) is 9.88 Å². The number of aryl methyl sites for hydroxylation is 2. The molecular formula is C12H18N2O2S. The molecule has 94 valence electrons. The van der Waals surface area contributed by atoms with Gasteiger partial charge in [0, 0.05) is 4.88 Å². The summed E-state index contributed by atoms with van der Waals surface area (Å²) in [6.45, 7) is 6.96. The Balaban J connectivity index is 2.22. The molecule has 0 aliphatic carbocycles. The van der Waals surface area contributed by atoms with Crippen LogP contribution in [0.3, 0.4) is 0 Å². The summed E-state index contributed by atoms with van der Waals surface area (Å²) >= 11 is 1.68. The molecule has 0 radical (unpaired) electrons. The molecule has 0 bridgehead atoms. The fourth-order valence-electron chi connectivity index (χ4n) is 2.61. The average molecular weight is 254 g/mol. The lowest BCUT2D eigenvalue weighted by Gasteiger charge is -2.27. The summed E-state index contributed by atoms with van der Waals surface area (Å²) in [6.07, 6.45) is 1.71. The topological polar surface area (TPSA) is 53.4 Å². The Hall–Kier alpha value is -0.940. The standard InChI is InChI=1S/C12H18N2O2S/c1-7(11-8(2)17-9(3)13-11)14-6-4-5-10(14)12(15)16/h7,10H,4-6H2,1-3H3,(H,15,16). The summed E-state index contributed by atoms with van der Waals surface area (Å²) < 4.78 is 0. The number of likely N-dealkylation sites (tertiary alicyclic amines) is 1. The minimum Gasteiger partial charge on any atom is -0.480 e. The van der Waals surface area contributed by atoms with E-state index in [4.69, 9.17) is 0 Å². The number of nitrogens with zero attached hydrogens (tertiary/aromatic N) is 2. The zero-order chi connectivity index (χ0) is 12.6. The molecule has 1 N–H and O–H groups in total. The molecule has 4 nitrogen and oxygen atoms in total. The maximum Gasteiger partial charge on any atom is 0.320 e. The summed E-state index contributed by atoms with van der Waals surface area (Å²) in [7, 11) is 0. The van der Waals surface area contributed by atoms with Crippen molar-refractivity contribution >= 4 is 17.3 Å². The van der Waals surface area contributed by atoms with E-state index in [1.165, 1.54) is 4.88 Å². The van der Waals surface area contributed by atoms with Gasteiger partial charge in [-0.05, 0) is 40.2 Å². The number of aromatic nitrogens is 1. The molecule has 1 aliphatic heterocycles. The van der Waals surface area contributed by atoms with Gasteiger partial charge < -0.3 is 5.11 Å². The zero-order valence-electron chi connectivity index (χ0n) is 10.4. The first kappa shape index (κ1) is 12.5. The van der Waals surface area contributed by atoms with Gasteiger partial charge in [-0.25, -0.2) is 4.98 Å². The highest BCUT2D eigenvalue weighted by atomic mass is 32.1. The molecule has 1 fully saturated rings. The summed E-state index contributed by atoms with van der Waals surface area (Å²) in [5.74, 6) is -0.709. The molecule has 17 heavy (non-hydrogen) atoms. The van der Waals surface area contributed by atoms with Gasteiger partial charge >= 0.3 is 5.97 Å². The third-order valence-electron chi connectivity index (χ3n) is 3.41. The van der Waals surface area contributed by atoms with Crippen molar-refractivity contribution in [2.75, 3.05) is 6.54 Å². The molecule has 2 heterocycles. The highest BCUT2D eigenvalue weighted by molar-refractivity contribution is 7.11. The molecule has 0 spiro atoms. The molecule has 5 heteroatoms. The number of hydrogen-bond donors (Lipinski definition) is 1. The Bertz CT molecular complexity index is 430. The molecule has 0 aromatic carbocycles. The second-order valence-electron chi connectivity index (χ2n) is 4.58. The van der Waals surface area contributed by atoms with E-state index in [2.05, 4.69) is 23.7 Å². The van der Waals surface area contributed by atoms with Crippen molar-refractivity contribution < 1.29 is 9.90 Å². The summed E-state index contributed by atoms with van der Waals surface area (Å²) in [6, 6.07) is -0.241. The highest BCUT2D eigenvalue weighted by Gasteiger charge is 2.35. The van der Waals surface area contributed by atoms with Gasteiger partial charge in [0.15, 0.2) is 0 Å². The Morgan fingerprint density at radius 2 is 2.29 bits per heavy atom. The molecule has 2 rings (SSSR count). The Labute approximate surface area is 105 Å². The number of carboxylic acids is 1. The van der Waals surface area contributed by atoms with Crippen LogP contribution in [0.15, 0.2) is 0 Å². The molecule has 1 aliphatic rings. The summed E-state index contributed by atoms with van der Waals surface area (Å²) in [4.78, 5) is 19.0. The number of carboxylic acid groups (broad SMARTS) is 1. The highest BCUT2D eigenvalue weighted by Crippen LogP contribution is 2.32. The predicted molar refractivity (Wildman–Crippen MR) is 67.4 cm³/mol. The minimum absolute atomic E-state index is 0.101. The van der Waals surface area contributed by atoms with E-state index in [-0.39, 0.29) is 12.1 Å². The number of carbonyl (C=O) groups is 1. The van der Waals surface area contributed by atoms with E-state index >= 15 is 0 Å². The van der Waals surface area contributed by atoms with Crippen LogP contribution in [-0.4, -0.2) is 33.5 Å². The lowest BCUT2D eigenvalue weighted by Crippen LogP contribution is -2.38. The molecule has 1 aromatic rings. The Morgan fingerprint density at radius 3 is 2.82 bits per heavy atom. The summed E-state index contributed by atoms with van der Waals surface area (Å²) in [5.41, 5.74) is 1.04. The maximum absolute atomic E-state index is 11.2. The molecule has 0 saturated carbocycles. The van der Waals surface area contributed by atoms with Crippen molar-refractivity contribution in [1.29, 1.82) is 0 Å². The van der Waals surface area contributed by atoms with Crippen LogP contribution in [0.2, 0.25) is 0 Å². The first-order valence-corrected chi connectivity index (χ1v) is 6.75. The normalized spacial score (nSPS) is 22.9. The van der Waals surface area contributed by atoms with E-state index in [1.54, 1.807) is 11.3 Å². The van der Waals surface area contributed by atoms with Crippen LogP contribution in [0.5, 0.6) is 0 Å². The van der Waals surface area contributed by atoms with Gasteiger partial charge in [0.25, 0.3) is 0 Å². The van der Waals surface area contributed by atoms with Gasteiger partial charge in [0.2, 0.25) is 0 Å². The van der Waals surface area contributed by atoms with E-state index in [9.17, 15) is 9.90 Å². The fourth-order valence-corrected chi connectivity index (χ4v) is 3.52. The second kappa shape index (κ2) is 4.74. The molecule has 0 amide bonds. The maximum atomic E-state index is 11.2. The number of rotatable bonds is 3. The van der Waals surface area contributed by atoms with Crippen molar-refractivity contribution in [3.63, 3.8) is 0 Å². The van der Waals surface area contributed by atoms with Gasteiger partial charge in [-0.1, -0.05) is 0 Å². The van der Waals surface area contributed by atoms with Gasteiger partial charge in [-0.3, -0.25) is 9.69 Å². The van der Waals surface area contributed by atoms with E-state index < -0.39 is 5.97 Å².